The number of thiazole rings is 1. The van der Waals surface area contributed by atoms with E-state index >= 15 is 0 Å². The predicted molar refractivity (Wildman–Crippen MR) is 136 cm³/mol. The van der Waals surface area contributed by atoms with Crippen LogP contribution in [0, 0.1) is 26.7 Å². The van der Waals surface area contributed by atoms with Crippen LogP contribution in [0.5, 0.6) is 0 Å². The van der Waals surface area contributed by atoms with Crippen molar-refractivity contribution in [3.63, 3.8) is 0 Å². The third-order valence-corrected chi connectivity index (χ3v) is 7.63. The first-order valence-electron chi connectivity index (χ1n) is 11.1. The van der Waals surface area contributed by atoms with Gasteiger partial charge in [-0.1, -0.05) is 46.7 Å². The molecular weight excluding hydrogens is 454 g/mol. The molecule has 1 aliphatic heterocycles. The fraction of sp³-hybridized carbons (Fsp3) is 0.320. The number of nitrogens with one attached hydrogen (secondary N) is 1. The van der Waals surface area contributed by atoms with Gasteiger partial charge in [0.1, 0.15) is 0 Å². The lowest BCUT2D eigenvalue weighted by molar-refractivity contribution is -0.120. The largest absolute Gasteiger partial charge is 0.347 e. The molecule has 0 bridgehead atoms. The quantitative estimate of drug-likeness (QED) is 0.395. The molecule has 5 rings (SSSR count). The Labute approximate surface area is 202 Å². The predicted octanol–water partition coefficient (Wildman–Crippen LogP) is 5.92. The second-order valence-corrected chi connectivity index (χ2v) is 10.1. The molecule has 1 N–H and O–H groups in total. The number of carbonyl (C=O) groups is 1. The van der Waals surface area contributed by atoms with Crippen molar-refractivity contribution in [2.24, 2.45) is 5.92 Å². The number of fused-ring (bicyclic) bond motifs is 1. The third-order valence-electron chi connectivity index (χ3n) is 6.18. The van der Waals surface area contributed by atoms with Gasteiger partial charge in [0.25, 0.3) is 0 Å². The second kappa shape index (κ2) is 8.80. The Morgan fingerprint density at radius 3 is 2.73 bits per heavy atom. The van der Waals surface area contributed by atoms with E-state index < -0.39 is 0 Å². The maximum atomic E-state index is 13.0. The summed E-state index contributed by atoms with van der Waals surface area (Å²) in [6.07, 6.45) is 1.81. The number of hydrogen-bond acceptors (Lipinski definition) is 5. The Kier molecular flexibility index (Phi) is 5.85. The average Bonchev–Trinajstić information content (AvgIpc) is 3.38. The summed E-state index contributed by atoms with van der Waals surface area (Å²) >= 11 is 7.77. The summed E-state index contributed by atoms with van der Waals surface area (Å²) in [5, 5.41) is 9.36. The van der Waals surface area contributed by atoms with Crippen molar-refractivity contribution in [2.45, 2.75) is 33.6 Å². The lowest BCUT2D eigenvalue weighted by atomic mass is 9.97. The number of nitrogens with zero attached hydrogens (tertiary/aromatic N) is 4. The Morgan fingerprint density at radius 1 is 1.15 bits per heavy atom. The van der Waals surface area contributed by atoms with Crippen LogP contribution in [0.3, 0.4) is 0 Å². The van der Waals surface area contributed by atoms with Gasteiger partial charge >= 0.3 is 0 Å². The van der Waals surface area contributed by atoms with Crippen LogP contribution in [-0.2, 0) is 4.79 Å². The number of piperidine rings is 1. The van der Waals surface area contributed by atoms with E-state index in [1.807, 2.05) is 36.7 Å². The molecule has 0 unspecified atom stereocenters. The van der Waals surface area contributed by atoms with Gasteiger partial charge in [-0.15, -0.1) is 0 Å². The van der Waals surface area contributed by atoms with Crippen LogP contribution in [0.15, 0.2) is 42.5 Å². The molecule has 0 saturated carbocycles. The molecular formula is C25H26ClN5OS. The van der Waals surface area contributed by atoms with Gasteiger partial charge in [0.05, 0.1) is 22.0 Å². The number of carbonyl (C=O) groups excluding carboxylic acids is 1. The molecule has 33 heavy (non-hydrogen) atoms. The van der Waals surface area contributed by atoms with Gasteiger partial charge in [-0.25, -0.2) is 4.68 Å². The number of hydrogen-bond donors (Lipinski definition) is 1. The summed E-state index contributed by atoms with van der Waals surface area (Å²) in [5.74, 6) is -0.0629. The zero-order valence-electron chi connectivity index (χ0n) is 18.9. The Morgan fingerprint density at radius 2 is 1.94 bits per heavy atom. The van der Waals surface area contributed by atoms with Crippen LogP contribution in [0.4, 0.5) is 10.8 Å². The molecule has 1 fully saturated rings. The minimum atomic E-state index is -0.0983. The first-order valence-corrected chi connectivity index (χ1v) is 12.3. The van der Waals surface area contributed by atoms with Crippen LogP contribution in [0.2, 0.25) is 5.02 Å². The number of rotatable bonds is 4. The molecule has 6 nitrogen and oxygen atoms in total. The summed E-state index contributed by atoms with van der Waals surface area (Å²) < 4.78 is 3.01. The molecule has 1 atom stereocenters. The fourth-order valence-electron chi connectivity index (χ4n) is 4.25. The summed E-state index contributed by atoms with van der Waals surface area (Å²) in [6.45, 7) is 7.62. The molecule has 2 aromatic carbocycles. The van der Waals surface area contributed by atoms with Crippen LogP contribution in [-0.4, -0.2) is 33.8 Å². The monoisotopic (exact) mass is 479 g/mol. The molecule has 8 heteroatoms. The number of anilines is 2. The number of amides is 1. The van der Waals surface area contributed by atoms with Gasteiger partial charge in [-0.05, 0) is 63.4 Å². The molecule has 4 aromatic rings. The summed E-state index contributed by atoms with van der Waals surface area (Å²) in [7, 11) is 0. The van der Waals surface area contributed by atoms with Crippen molar-refractivity contribution in [3.05, 3.63) is 64.3 Å². The first-order chi connectivity index (χ1) is 15.9. The SMILES string of the molecule is Cc1ccc(-n2nc(C)c3sc(N4CCC[C@@H](C(=O)Nc5cc(Cl)ccc5C)C4)nc32)cc1. The van der Waals surface area contributed by atoms with Crippen molar-refractivity contribution in [2.75, 3.05) is 23.3 Å². The zero-order valence-corrected chi connectivity index (χ0v) is 20.5. The van der Waals surface area contributed by atoms with E-state index in [-0.39, 0.29) is 11.8 Å². The van der Waals surface area contributed by atoms with Gasteiger partial charge < -0.3 is 10.2 Å². The lowest BCUT2D eigenvalue weighted by Crippen LogP contribution is -2.40. The zero-order chi connectivity index (χ0) is 23.1. The van der Waals surface area contributed by atoms with E-state index in [0.29, 0.717) is 11.6 Å². The van der Waals surface area contributed by atoms with Gasteiger partial charge in [-0.2, -0.15) is 10.1 Å². The number of aromatic nitrogens is 3. The normalized spacial score (nSPS) is 16.4. The van der Waals surface area contributed by atoms with Crippen molar-refractivity contribution < 1.29 is 4.79 Å². The highest BCUT2D eigenvalue weighted by Crippen LogP contribution is 2.35. The third kappa shape index (κ3) is 4.35. The second-order valence-electron chi connectivity index (χ2n) is 8.72. The van der Waals surface area contributed by atoms with Gasteiger partial charge in [0, 0.05) is 23.8 Å². The van der Waals surface area contributed by atoms with Crippen molar-refractivity contribution >= 4 is 50.0 Å². The lowest BCUT2D eigenvalue weighted by Gasteiger charge is -2.31. The van der Waals surface area contributed by atoms with E-state index in [1.54, 1.807) is 11.3 Å². The summed E-state index contributed by atoms with van der Waals surface area (Å²) in [6, 6.07) is 13.9. The summed E-state index contributed by atoms with van der Waals surface area (Å²) in [4.78, 5) is 20.2. The van der Waals surface area contributed by atoms with E-state index in [2.05, 4.69) is 41.4 Å². The molecule has 3 heterocycles. The Bertz CT molecular complexity index is 1330. The van der Waals surface area contributed by atoms with Crippen LogP contribution in [0.1, 0.15) is 29.7 Å². The molecule has 2 aromatic heterocycles. The highest BCUT2D eigenvalue weighted by molar-refractivity contribution is 7.22. The van der Waals surface area contributed by atoms with Crippen LogP contribution >= 0.6 is 22.9 Å². The van der Waals surface area contributed by atoms with E-state index in [0.717, 1.165) is 57.5 Å². The van der Waals surface area contributed by atoms with E-state index in [4.69, 9.17) is 21.7 Å². The number of aryl methyl sites for hydroxylation is 3. The van der Waals surface area contributed by atoms with Gasteiger partial charge in [0.15, 0.2) is 10.8 Å². The highest BCUT2D eigenvalue weighted by atomic mass is 35.5. The van der Waals surface area contributed by atoms with Crippen LogP contribution < -0.4 is 10.2 Å². The molecule has 1 saturated heterocycles. The maximum absolute atomic E-state index is 13.0. The van der Waals surface area contributed by atoms with E-state index in [1.165, 1.54) is 5.56 Å². The molecule has 0 aliphatic carbocycles. The molecule has 0 radical (unpaired) electrons. The minimum absolute atomic E-state index is 0.0354. The standard InChI is InChI=1S/C25H26ClN5OS/c1-15-6-10-20(11-7-15)31-23-22(17(3)29-31)33-25(28-23)30-12-4-5-18(14-30)24(32)27-21-13-19(26)9-8-16(21)2/h6-11,13,18H,4-5,12,14H2,1-3H3,(H,27,32)/t18-/m1/s1. The minimum Gasteiger partial charge on any atom is -0.347 e. The van der Waals surface area contributed by atoms with Crippen molar-refractivity contribution in [1.29, 1.82) is 0 Å². The van der Waals surface area contributed by atoms with Crippen molar-refractivity contribution in [1.82, 2.24) is 14.8 Å². The average molecular weight is 480 g/mol. The fourth-order valence-corrected chi connectivity index (χ4v) is 5.45. The van der Waals surface area contributed by atoms with Crippen molar-refractivity contribution in [3.8, 4) is 5.69 Å². The Hall–Kier alpha value is -2.90. The smallest absolute Gasteiger partial charge is 0.229 e. The number of benzene rings is 2. The molecule has 170 valence electrons. The highest BCUT2D eigenvalue weighted by Gasteiger charge is 2.28. The molecule has 0 spiro atoms. The Balaban J connectivity index is 1.37. The van der Waals surface area contributed by atoms with Gasteiger partial charge in [0.2, 0.25) is 5.91 Å². The van der Waals surface area contributed by atoms with E-state index in [9.17, 15) is 4.79 Å². The van der Waals surface area contributed by atoms with Crippen LogP contribution in [0.25, 0.3) is 16.0 Å². The maximum Gasteiger partial charge on any atom is 0.229 e. The van der Waals surface area contributed by atoms with Gasteiger partial charge in [-0.3, -0.25) is 4.79 Å². The molecule has 1 aliphatic rings. The first kappa shape index (κ1) is 21.9. The summed E-state index contributed by atoms with van der Waals surface area (Å²) in [5.41, 5.74) is 5.84. The number of halogens is 1. The topological polar surface area (TPSA) is 63.1 Å². The molecule has 1 amide bonds.